The van der Waals surface area contributed by atoms with Crippen molar-refractivity contribution in [2.24, 2.45) is 0 Å². The summed E-state index contributed by atoms with van der Waals surface area (Å²) in [4.78, 5) is 12.2. The fourth-order valence-corrected chi connectivity index (χ4v) is 2.38. The molecule has 0 aliphatic rings. The second kappa shape index (κ2) is 8.09. The van der Waals surface area contributed by atoms with Gasteiger partial charge in [0.15, 0.2) is 0 Å². The lowest BCUT2D eigenvalue weighted by molar-refractivity contribution is 0.0579. The molecule has 3 nitrogen and oxygen atoms in total. The SMILES string of the molecule is CN(SI)/C(=C\c1ccccc1)OC(=O)c1ccccc1. The molecule has 0 saturated carbocycles. The van der Waals surface area contributed by atoms with Crippen LogP contribution in [0.25, 0.3) is 6.08 Å². The zero-order chi connectivity index (χ0) is 15.1. The fourth-order valence-electron chi connectivity index (χ4n) is 1.64. The smallest absolute Gasteiger partial charge is 0.344 e. The molecule has 5 heteroatoms. The number of hydrogen-bond donors (Lipinski definition) is 0. The molecule has 2 aromatic carbocycles. The van der Waals surface area contributed by atoms with Gasteiger partial charge in [0, 0.05) is 43.4 Å². The van der Waals surface area contributed by atoms with Crippen LogP contribution in [0.3, 0.4) is 0 Å². The highest BCUT2D eigenvalue weighted by atomic mass is 127. The van der Waals surface area contributed by atoms with Gasteiger partial charge < -0.3 is 4.74 Å². The molecule has 108 valence electrons. The number of ether oxygens (including phenoxy) is 1. The standard InChI is InChI=1S/C16H14INO2S/c1-18(21-17)15(12-13-8-4-2-5-9-13)20-16(19)14-10-6-3-7-11-14/h2-12H,1H3/b15-12+. The molecule has 0 unspecified atom stereocenters. The number of esters is 1. The fraction of sp³-hybridized carbons (Fsp3) is 0.0625. The highest BCUT2D eigenvalue weighted by Gasteiger charge is 2.13. The van der Waals surface area contributed by atoms with E-state index in [2.05, 4.69) is 21.2 Å². The average molecular weight is 411 g/mol. The number of carbonyl (C=O) groups is 1. The number of hydrogen-bond acceptors (Lipinski definition) is 4. The molecule has 21 heavy (non-hydrogen) atoms. The van der Waals surface area contributed by atoms with Crippen LogP contribution in [0.4, 0.5) is 0 Å². The van der Waals surface area contributed by atoms with Crippen LogP contribution in [0.1, 0.15) is 15.9 Å². The van der Waals surface area contributed by atoms with Gasteiger partial charge in [-0.25, -0.2) is 4.79 Å². The third-order valence-corrected chi connectivity index (χ3v) is 4.87. The Bertz CT molecular complexity index is 617. The Morgan fingerprint density at radius 3 is 2.24 bits per heavy atom. The van der Waals surface area contributed by atoms with Crippen LogP contribution in [-0.2, 0) is 4.74 Å². The van der Waals surface area contributed by atoms with Crippen molar-refractivity contribution in [3.05, 3.63) is 77.7 Å². The zero-order valence-electron chi connectivity index (χ0n) is 11.4. The Hall–Kier alpha value is -1.47. The normalized spacial score (nSPS) is 11.0. The quantitative estimate of drug-likeness (QED) is 0.307. The topological polar surface area (TPSA) is 29.5 Å². The van der Waals surface area contributed by atoms with E-state index in [-0.39, 0.29) is 5.97 Å². The maximum atomic E-state index is 12.2. The minimum Gasteiger partial charge on any atom is -0.405 e. The van der Waals surface area contributed by atoms with Gasteiger partial charge >= 0.3 is 5.97 Å². The van der Waals surface area contributed by atoms with Crippen LogP contribution in [0.2, 0.25) is 0 Å². The van der Waals surface area contributed by atoms with Crippen LogP contribution in [0.15, 0.2) is 66.5 Å². The maximum Gasteiger partial charge on any atom is 0.344 e. The van der Waals surface area contributed by atoms with Gasteiger partial charge in [-0.15, -0.1) is 0 Å². The monoisotopic (exact) mass is 411 g/mol. The summed E-state index contributed by atoms with van der Waals surface area (Å²) in [7, 11) is 3.30. The van der Waals surface area contributed by atoms with Gasteiger partial charge in [-0.1, -0.05) is 48.5 Å². The minimum atomic E-state index is -0.366. The number of benzene rings is 2. The Labute approximate surface area is 140 Å². The molecule has 0 N–H and O–H groups in total. The Balaban J connectivity index is 2.22. The number of rotatable bonds is 5. The van der Waals surface area contributed by atoms with E-state index >= 15 is 0 Å². The largest absolute Gasteiger partial charge is 0.405 e. The van der Waals surface area contributed by atoms with Crippen LogP contribution in [0.5, 0.6) is 0 Å². The molecule has 0 atom stereocenters. The Morgan fingerprint density at radius 1 is 1.10 bits per heavy atom. The summed E-state index contributed by atoms with van der Waals surface area (Å²) in [6.07, 6.45) is 1.84. The van der Waals surface area contributed by atoms with Crippen molar-refractivity contribution in [2.45, 2.75) is 0 Å². The van der Waals surface area contributed by atoms with E-state index in [4.69, 9.17) is 4.74 Å². The summed E-state index contributed by atoms with van der Waals surface area (Å²) in [5.41, 5.74) is 1.51. The van der Waals surface area contributed by atoms with Crippen LogP contribution in [0, 0.1) is 0 Å². The predicted octanol–water partition coefficient (Wildman–Crippen LogP) is 4.77. The lowest BCUT2D eigenvalue weighted by atomic mass is 10.2. The van der Waals surface area contributed by atoms with E-state index in [0.717, 1.165) is 5.56 Å². The van der Waals surface area contributed by atoms with Gasteiger partial charge in [-0.3, -0.25) is 4.31 Å². The molecule has 0 saturated heterocycles. The van der Waals surface area contributed by atoms with Gasteiger partial charge in [0.05, 0.1) is 5.56 Å². The third-order valence-electron chi connectivity index (χ3n) is 2.71. The molecule has 2 rings (SSSR count). The summed E-state index contributed by atoms with van der Waals surface area (Å²) in [5, 5.41) is 0. The summed E-state index contributed by atoms with van der Waals surface area (Å²) in [6, 6.07) is 18.7. The van der Waals surface area contributed by atoms with Crippen molar-refractivity contribution < 1.29 is 9.53 Å². The van der Waals surface area contributed by atoms with Crippen molar-refractivity contribution in [1.82, 2.24) is 4.31 Å². The summed E-state index contributed by atoms with van der Waals surface area (Å²) >= 11 is 2.14. The van der Waals surface area contributed by atoms with Crippen molar-refractivity contribution >= 4 is 42.4 Å². The first-order valence-corrected chi connectivity index (χ1v) is 9.58. The third kappa shape index (κ3) is 4.78. The molecule has 0 aliphatic heterocycles. The van der Waals surface area contributed by atoms with Crippen molar-refractivity contribution in [2.75, 3.05) is 7.05 Å². The molecule has 0 aliphatic carbocycles. The highest BCUT2D eigenvalue weighted by molar-refractivity contribution is 14.2. The predicted molar refractivity (Wildman–Crippen MR) is 95.7 cm³/mol. The highest BCUT2D eigenvalue weighted by Crippen LogP contribution is 2.24. The van der Waals surface area contributed by atoms with Crippen LogP contribution in [-0.4, -0.2) is 17.3 Å². The molecule has 2 aromatic rings. The van der Waals surface area contributed by atoms with E-state index in [9.17, 15) is 4.79 Å². The van der Waals surface area contributed by atoms with Crippen molar-refractivity contribution in [1.29, 1.82) is 0 Å². The second-order valence-corrected chi connectivity index (χ2v) is 6.08. The van der Waals surface area contributed by atoms with Gasteiger partial charge in [0.2, 0.25) is 5.88 Å². The summed E-state index contributed by atoms with van der Waals surface area (Å²) in [5.74, 6) is 0.129. The maximum absolute atomic E-state index is 12.2. The summed E-state index contributed by atoms with van der Waals surface area (Å²) < 4.78 is 7.32. The molecule has 0 spiro atoms. The molecule has 0 radical (unpaired) electrons. The second-order valence-electron chi connectivity index (χ2n) is 4.22. The first-order valence-electron chi connectivity index (χ1n) is 6.27. The number of nitrogens with zero attached hydrogens (tertiary/aromatic N) is 1. The van der Waals surface area contributed by atoms with Gasteiger partial charge in [-0.2, -0.15) is 0 Å². The molecular formula is C16H14INO2S. The van der Waals surface area contributed by atoms with E-state index in [0.29, 0.717) is 11.4 Å². The van der Waals surface area contributed by atoms with Crippen LogP contribution >= 0.6 is 30.3 Å². The number of carbonyl (C=O) groups excluding carboxylic acids is 1. The lowest BCUT2D eigenvalue weighted by Gasteiger charge is -2.17. The first-order chi connectivity index (χ1) is 10.2. The van der Waals surface area contributed by atoms with E-state index in [1.165, 1.54) is 9.12 Å². The van der Waals surface area contributed by atoms with Crippen LogP contribution < -0.4 is 0 Å². The Morgan fingerprint density at radius 2 is 1.67 bits per heavy atom. The molecular weight excluding hydrogens is 397 g/mol. The van der Waals surface area contributed by atoms with E-state index < -0.39 is 0 Å². The van der Waals surface area contributed by atoms with E-state index in [1.807, 2.05) is 61.7 Å². The van der Waals surface area contributed by atoms with Gasteiger partial charge in [0.25, 0.3) is 0 Å². The average Bonchev–Trinajstić information content (AvgIpc) is 2.55. The molecule has 0 aromatic heterocycles. The molecule has 0 heterocycles. The zero-order valence-corrected chi connectivity index (χ0v) is 14.4. The van der Waals surface area contributed by atoms with Crippen molar-refractivity contribution in [3.63, 3.8) is 0 Å². The Kier molecular flexibility index (Phi) is 6.13. The minimum absolute atomic E-state index is 0.366. The number of halogens is 1. The molecule has 0 fully saturated rings. The summed E-state index contributed by atoms with van der Waals surface area (Å²) in [6.45, 7) is 0. The lowest BCUT2D eigenvalue weighted by Crippen LogP contribution is -2.14. The first kappa shape index (κ1) is 15.9. The molecule has 0 bridgehead atoms. The van der Waals surface area contributed by atoms with E-state index in [1.54, 1.807) is 16.4 Å². The van der Waals surface area contributed by atoms with Gasteiger partial charge in [-0.05, 0) is 17.7 Å². The van der Waals surface area contributed by atoms with Gasteiger partial charge in [0.1, 0.15) is 0 Å². The van der Waals surface area contributed by atoms with Crippen molar-refractivity contribution in [3.8, 4) is 0 Å². The molecule has 0 amide bonds.